The van der Waals surface area contributed by atoms with E-state index < -0.39 is 39.5 Å². The van der Waals surface area contributed by atoms with E-state index >= 15 is 0 Å². The Hall–Kier alpha value is -1.31. The Kier molecular flexibility index (Phi) is 4.44. The molecule has 0 saturated carbocycles. The Bertz CT molecular complexity index is 452. The second kappa shape index (κ2) is 5.36. The van der Waals surface area contributed by atoms with Crippen LogP contribution in [0.5, 0.6) is 0 Å². The van der Waals surface area contributed by atoms with Crippen molar-refractivity contribution in [2.24, 2.45) is 5.92 Å². The predicted molar refractivity (Wildman–Crippen MR) is 67.3 cm³/mol. The largest absolute Gasteiger partial charge is 0.467 e. The van der Waals surface area contributed by atoms with Crippen LogP contribution in [0.25, 0.3) is 0 Å². The van der Waals surface area contributed by atoms with Crippen molar-refractivity contribution in [2.45, 2.75) is 32.4 Å². The number of carbonyl (C=O) groups is 2. The maximum absolute atomic E-state index is 11.6. The number of rotatable bonds is 3. The van der Waals surface area contributed by atoms with Crippen LogP contribution in [0, 0.1) is 5.92 Å². The van der Waals surface area contributed by atoms with Crippen molar-refractivity contribution in [3.05, 3.63) is 0 Å². The van der Waals surface area contributed by atoms with Crippen LogP contribution in [0.15, 0.2) is 0 Å². The first-order chi connectivity index (χ1) is 8.54. The number of ether oxygens (including phenoxy) is 2. The van der Waals surface area contributed by atoms with Gasteiger partial charge in [0.15, 0.2) is 9.84 Å². The van der Waals surface area contributed by atoms with Crippen LogP contribution in [0.3, 0.4) is 0 Å². The number of sulfone groups is 1. The topological polar surface area (TPSA) is 98.8 Å². The van der Waals surface area contributed by atoms with Gasteiger partial charge in [-0.15, -0.1) is 0 Å². The molecule has 19 heavy (non-hydrogen) atoms. The van der Waals surface area contributed by atoms with E-state index in [4.69, 9.17) is 4.74 Å². The average molecular weight is 293 g/mol. The second-order valence-electron chi connectivity index (χ2n) is 5.48. The molecule has 0 aromatic heterocycles. The summed E-state index contributed by atoms with van der Waals surface area (Å²) in [6.07, 6.45) is -0.771. The summed E-state index contributed by atoms with van der Waals surface area (Å²) < 4.78 is 31.9. The third kappa shape index (κ3) is 4.70. The summed E-state index contributed by atoms with van der Waals surface area (Å²) in [6, 6.07) is -0.997. The number of nitrogens with one attached hydrogen (secondary N) is 1. The van der Waals surface area contributed by atoms with Crippen molar-refractivity contribution < 1.29 is 27.5 Å². The molecule has 0 spiro atoms. The quantitative estimate of drug-likeness (QED) is 0.741. The summed E-state index contributed by atoms with van der Waals surface area (Å²) in [7, 11) is -1.91. The molecule has 1 unspecified atom stereocenters. The lowest BCUT2D eigenvalue weighted by Gasteiger charge is -2.32. The van der Waals surface area contributed by atoms with Gasteiger partial charge >= 0.3 is 12.1 Å². The molecule has 7 nitrogen and oxygen atoms in total. The minimum atomic E-state index is -3.09. The zero-order chi connectivity index (χ0) is 14.8. The molecular weight excluding hydrogens is 274 g/mol. The first-order valence-corrected chi connectivity index (χ1v) is 7.64. The SMILES string of the molecule is COC(=O)C(NC(=O)OC(C)(C)C)C1CS(=O)(=O)C1. The first-order valence-electron chi connectivity index (χ1n) is 5.82. The molecule has 1 rings (SSSR count). The van der Waals surface area contributed by atoms with Gasteiger partial charge in [0.1, 0.15) is 11.6 Å². The van der Waals surface area contributed by atoms with Gasteiger partial charge in [0.25, 0.3) is 0 Å². The fourth-order valence-electron chi connectivity index (χ4n) is 1.73. The highest BCUT2D eigenvalue weighted by atomic mass is 32.2. The molecule has 0 bridgehead atoms. The Morgan fingerprint density at radius 3 is 2.16 bits per heavy atom. The van der Waals surface area contributed by atoms with Crippen molar-refractivity contribution in [3.8, 4) is 0 Å². The minimum Gasteiger partial charge on any atom is -0.467 e. The third-order valence-electron chi connectivity index (χ3n) is 2.53. The summed E-state index contributed by atoms with van der Waals surface area (Å²) >= 11 is 0. The van der Waals surface area contributed by atoms with E-state index in [1.807, 2.05) is 0 Å². The number of methoxy groups -OCH3 is 1. The maximum atomic E-state index is 11.6. The summed E-state index contributed by atoms with van der Waals surface area (Å²) in [5, 5.41) is 2.36. The zero-order valence-corrected chi connectivity index (χ0v) is 12.2. The fourth-order valence-corrected chi connectivity index (χ4v) is 3.32. The van der Waals surface area contributed by atoms with Crippen LogP contribution >= 0.6 is 0 Å². The number of esters is 1. The van der Waals surface area contributed by atoms with Gasteiger partial charge in [0.2, 0.25) is 0 Å². The van der Waals surface area contributed by atoms with Crippen molar-refractivity contribution in [1.82, 2.24) is 5.32 Å². The lowest BCUT2D eigenvalue weighted by Crippen LogP contribution is -2.56. The number of amides is 1. The summed E-state index contributed by atoms with van der Waals surface area (Å²) in [5.74, 6) is -1.42. The molecule has 110 valence electrons. The van der Waals surface area contributed by atoms with Crippen LogP contribution in [0.1, 0.15) is 20.8 Å². The molecule has 1 amide bonds. The first kappa shape index (κ1) is 15.7. The van der Waals surface area contributed by atoms with Crippen molar-refractivity contribution >= 4 is 21.9 Å². The molecule has 1 fully saturated rings. The summed E-state index contributed by atoms with van der Waals surface area (Å²) in [4.78, 5) is 23.2. The standard InChI is InChI=1S/C11H19NO6S/c1-11(2,3)18-10(14)12-8(9(13)17-4)7-5-19(15,16)6-7/h7-8H,5-6H2,1-4H3,(H,12,14). The van der Waals surface area contributed by atoms with Crippen LogP contribution < -0.4 is 5.32 Å². The highest BCUT2D eigenvalue weighted by molar-refractivity contribution is 7.92. The van der Waals surface area contributed by atoms with Gasteiger partial charge < -0.3 is 14.8 Å². The highest BCUT2D eigenvalue weighted by Gasteiger charge is 2.43. The van der Waals surface area contributed by atoms with Gasteiger partial charge in [-0.05, 0) is 20.8 Å². The molecule has 1 aliphatic rings. The molecule has 8 heteroatoms. The predicted octanol–water partition coefficient (Wildman–Crippen LogP) is 0.0973. The lowest BCUT2D eigenvalue weighted by atomic mass is 10.0. The Morgan fingerprint density at radius 2 is 1.79 bits per heavy atom. The molecule has 1 aliphatic heterocycles. The van der Waals surface area contributed by atoms with E-state index in [0.717, 1.165) is 0 Å². The van der Waals surface area contributed by atoms with Gasteiger partial charge in [-0.2, -0.15) is 0 Å². The molecule has 1 N–H and O–H groups in total. The van der Waals surface area contributed by atoms with Crippen molar-refractivity contribution in [2.75, 3.05) is 18.6 Å². The highest BCUT2D eigenvalue weighted by Crippen LogP contribution is 2.23. The minimum absolute atomic E-state index is 0.136. The van der Waals surface area contributed by atoms with E-state index in [0.29, 0.717) is 0 Å². The zero-order valence-electron chi connectivity index (χ0n) is 11.4. The summed E-state index contributed by atoms with van der Waals surface area (Å²) in [6.45, 7) is 5.06. The Morgan fingerprint density at radius 1 is 1.26 bits per heavy atom. The molecule has 0 radical (unpaired) electrons. The van der Waals surface area contributed by atoms with E-state index in [9.17, 15) is 18.0 Å². The second-order valence-corrected chi connectivity index (χ2v) is 7.64. The number of carbonyl (C=O) groups excluding carboxylic acids is 2. The number of alkyl carbamates (subject to hydrolysis) is 1. The van der Waals surface area contributed by atoms with Crippen molar-refractivity contribution in [3.63, 3.8) is 0 Å². The van der Waals surface area contributed by atoms with E-state index in [-0.39, 0.29) is 11.5 Å². The normalized spacial score (nSPS) is 20.0. The van der Waals surface area contributed by atoms with E-state index in [1.165, 1.54) is 7.11 Å². The number of hydrogen-bond acceptors (Lipinski definition) is 6. The molecule has 0 aromatic carbocycles. The van der Waals surface area contributed by atoms with Crippen LogP contribution in [-0.2, 0) is 24.1 Å². The van der Waals surface area contributed by atoms with Crippen LogP contribution in [0.2, 0.25) is 0 Å². The van der Waals surface area contributed by atoms with Crippen LogP contribution in [-0.4, -0.2) is 50.7 Å². The third-order valence-corrected chi connectivity index (χ3v) is 4.41. The molecule has 1 atom stereocenters. The van der Waals surface area contributed by atoms with Crippen LogP contribution in [0.4, 0.5) is 4.79 Å². The lowest BCUT2D eigenvalue weighted by molar-refractivity contribution is -0.144. The van der Waals surface area contributed by atoms with Gasteiger partial charge in [0.05, 0.1) is 18.6 Å². The smallest absolute Gasteiger partial charge is 0.408 e. The monoisotopic (exact) mass is 293 g/mol. The molecule has 0 aromatic rings. The average Bonchev–Trinajstić information content (AvgIpc) is 2.19. The Balaban J connectivity index is 2.67. The van der Waals surface area contributed by atoms with E-state index in [1.54, 1.807) is 20.8 Å². The fraction of sp³-hybridized carbons (Fsp3) is 0.818. The van der Waals surface area contributed by atoms with Gasteiger partial charge in [-0.1, -0.05) is 0 Å². The maximum Gasteiger partial charge on any atom is 0.408 e. The van der Waals surface area contributed by atoms with Gasteiger partial charge in [0, 0.05) is 5.92 Å². The number of hydrogen-bond donors (Lipinski definition) is 1. The van der Waals surface area contributed by atoms with Gasteiger partial charge in [-0.25, -0.2) is 18.0 Å². The molecule has 0 aliphatic carbocycles. The van der Waals surface area contributed by atoms with Gasteiger partial charge in [-0.3, -0.25) is 0 Å². The van der Waals surface area contributed by atoms with E-state index in [2.05, 4.69) is 10.1 Å². The van der Waals surface area contributed by atoms with Crippen molar-refractivity contribution in [1.29, 1.82) is 0 Å². The Labute approximate surface area is 112 Å². The molecular formula is C11H19NO6S. The summed E-state index contributed by atoms with van der Waals surface area (Å²) in [5.41, 5.74) is -0.698. The molecule has 1 saturated heterocycles. The molecule has 1 heterocycles.